The van der Waals surface area contributed by atoms with Crippen molar-refractivity contribution in [2.75, 3.05) is 13.1 Å². The molecule has 0 heterocycles. The molecule has 0 fully saturated rings. The Morgan fingerprint density at radius 3 is 2.60 bits per heavy atom. The maximum atomic E-state index is 9.02. The second kappa shape index (κ2) is 5.38. The van der Waals surface area contributed by atoms with E-state index in [1.807, 2.05) is 6.92 Å². The lowest BCUT2D eigenvalue weighted by Crippen LogP contribution is -2.28. The second-order valence-electron chi connectivity index (χ2n) is 2.58. The highest BCUT2D eigenvalue weighted by Crippen LogP contribution is 1.98. The van der Waals surface area contributed by atoms with Crippen LogP contribution < -0.4 is 5.32 Å². The molecule has 0 rings (SSSR count). The van der Waals surface area contributed by atoms with Gasteiger partial charge in [-0.2, -0.15) is 0 Å². The number of aliphatic hydroxyl groups excluding tert-OH is 1. The molecule has 3 N–H and O–H groups in total. The zero-order chi connectivity index (χ0) is 7.98. The van der Waals surface area contributed by atoms with Gasteiger partial charge in [-0.3, -0.25) is 0 Å². The van der Waals surface area contributed by atoms with Gasteiger partial charge in [0, 0.05) is 19.3 Å². The molecule has 2 unspecified atom stereocenters. The van der Waals surface area contributed by atoms with Crippen LogP contribution in [0.5, 0.6) is 0 Å². The predicted molar refractivity (Wildman–Crippen MR) is 42.5 cm³/mol. The van der Waals surface area contributed by atoms with E-state index < -0.39 is 0 Å². The lowest BCUT2D eigenvalue weighted by atomic mass is 10.1. The first-order valence-electron chi connectivity index (χ1n) is 3.56. The second-order valence-corrected chi connectivity index (χ2v) is 2.58. The van der Waals surface area contributed by atoms with Gasteiger partial charge in [-0.15, -0.1) is 0 Å². The maximum Gasteiger partial charge on any atom is 0.0549 e. The van der Waals surface area contributed by atoms with Gasteiger partial charge in [-0.25, -0.2) is 0 Å². The van der Waals surface area contributed by atoms with Crippen LogP contribution in [0, 0.1) is 11.3 Å². The molecular formula is C7H16N2O. The quantitative estimate of drug-likeness (QED) is 0.382. The molecule has 3 nitrogen and oxygen atoms in total. The lowest BCUT2D eigenvalue weighted by molar-refractivity contribution is 0.135. The van der Waals surface area contributed by atoms with Gasteiger partial charge < -0.3 is 15.8 Å². The molecule has 0 bridgehead atoms. The Balaban J connectivity index is 3.21. The highest BCUT2D eigenvalue weighted by molar-refractivity contribution is 5.55. The average molecular weight is 144 g/mol. The molecule has 10 heavy (non-hydrogen) atoms. The fourth-order valence-electron chi connectivity index (χ4n) is 0.554. The molecular weight excluding hydrogens is 128 g/mol. The molecule has 0 saturated heterocycles. The number of hydrogen-bond donors (Lipinski definition) is 3. The van der Waals surface area contributed by atoms with Crippen LogP contribution in [0.1, 0.15) is 13.8 Å². The van der Waals surface area contributed by atoms with Gasteiger partial charge in [-0.1, -0.05) is 6.92 Å². The van der Waals surface area contributed by atoms with E-state index in [-0.39, 0.29) is 12.0 Å². The predicted octanol–water partition coefficient (Wildman–Crippen LogP) is 0.242. The molecule has 0 aromatic carbocycles. The Hall–Kier alpha value is -0.410. The maximum absolute atomic E-state index is 9.02. The first-order chi connectivity index (χ1) is 4.68. The number of aliphatic hydroxyl groups is 1. The van der Waals surface area contributed by atoms with E-state index in [9.17, 15) is 0 Å². The molecule has 0 saturated carbocycles. The topological polar surface area (TPSA) is 56.1 Å². The minimum atomic E-state index is -0.266. The Labute approximate surface area is 62.0 Å². The van der Waals surface area contributed by atoms with Gasteiger partial charge in [-0.05, 0) is 12.8 Å². The van der Waals surface area contributed by atoms with Crippen molar-refractivity contribution < 1.29 is 5.11 Å². The van der Waals surface area contributed by atoms with Gasteiger partial charge in [0.25, 0.3) is 0 Å². The summed E-state index contributed by atoms with van der Waals surface area (Å²) in [5, 5.41) is 18.7. The summed E-state index contributed by atoms with van der Waals surface area (Å²) in [7, 11) is 0. The summed E-state index contributed by atoms with van der Waals surface area (Å²) < 4.78 is 0. The molecule has 0 amide bonds. The highest BCUT2D eigenvalue weighted by Gasteiger charge is 2.06. The van der Waals surface area contributed by atoms with E-state index in [2.05, 4.69) is 5.32 Å². The fraction of sp³-hybridized carbons (Fsp3) is 0.857. The van der Waals surface area contributed by atoms with Crippen LogP contribution in [0.3, 0.4) is 0 Å². The lowest BCUT2D eigenvalue weighted by Gasteiger charge is -2.13. The van der Waals surface area contributed by atoms with E-state index in [1.165, 1.54) is 6.21 Å². The third-order valence-corrected chi connectivity index (χ3v) is 1.54. The third-order valence-electron chi connectivity index (χ3n) is 1.54. The van der Waals surface area contributed by atoms with E-state index in [0.29, 0.717) is 6.54 Å². The molecule has 0 aliphatic carbocycles. The Kier molecular flexibility index (Phi) is 5.16. The van der Waals surface area contributed by atoms with Gasteiger partial charge >= 0.3 is 0 Å². The summed E-state index contributed by atoms with van der Waals surface area (Å²) in [6.07, 6.45) is 1.05. The van der Waals surface area contributed by atoms with Crippen LogP contribution in [0.2, 0.25) is 0 Å². The first-order valence-corrected chi connectivity index (χ1v) is 3.56. The van der Waals surface area contributed by atoms with Crippen LogP contribution in [-0.4, -0.2) is 30.5 Å². The van der Waals surface area contributed by atoms with Gasteiger partial charge in [0.1, 0.15) is 0 Å². The largest absolute Gasteiger partial charge is 0.393 e. The summed E-state index contributed by atoms with van der Waals surface area (Å²) in [6, 6.07) is 0. The average Bonchev–Trinajstić information content (AvgIpc) is 1.88. The van der Waals surface area contributed by atoms with E-state index in [4.69, 9.17) is 10.5 Å². The van der Waals surface area contributed by atoms with Crippen LogP contribution in [0.15, 0.2) is 0 Å². The van der Waals surface area contributed by atoms with Crippen molar-refractivity contribution in [3.05, 3.63) is 0 Å². The number of hydrogen-bond acceptors (Lipinski definition) is 3. The van der Waals surface area contributed by atoms with Crippen LogP contribution >= 0.6 is 0 Å². The summed E-state index contributed by atoms with van der Waals surface area (Å²) in [5.74, 6) is 0.264. The van der Waals surface area contributed by atoms with Crippen molar-refractivity contribution in [2.24, 2.45) is 5.92 Å². The van der Waals surface area contributed by atoms with Crippen LogP contribution in [0.25, 0.3) is 0 Å². The van der Waals surface area contributed by atoms with Crippen molar-refractivity contribution in [2.45, 2.75) is 20.0 Å². The number of rotatable bonds is 5. The van der Waals surface area contributed by atoms with Crippen molar-refractivity contribution in [3.63, 3.8) is 0 Å². The Morgan fingerprint density at radius 2 is 2.20 bits per heavy atom. The zero-order valence-electron chi connectivity index (χ0n) is 6.59. The van der Waals surface area contributed by atoms with Crippen molar-refractivity contribution in [1.29, 1.82) is 5.41 Å². The highest BCUT2D eigenvalue weighted by atomic mass is 16.3. The van der Waals surface area contributed by atoms with Crippen LogP contribution in [-0.2, 0) is 0 Å². The van der Waals surface area contributed by atoms with Crippen molar-refractivity contribution >= 4 is 6.21 Å². The minimum Gasteiger partial charge on any atom is -0.393 e. The number of nitrogens with one attached hydrogen (secondary N) is 2. The molecule has 0 spiro atoms. The van der Waals surface area contributed by atoms with E-state index in [1.54, 1.807) is 6.92 Å². The Morgan fingerprint density at radius 1 is 1.60 bits per heavy atom. The minimum absolute atomic E-state index is 0.264. The molecule has 60 valence electrons. The third kappa shape index (κ3) is 4.47. The molecule has 0 aliphatic rings. The Bertz CT molecular complexity index is 93.6. The summed E-state index contributed by atoms with van der Waals surface area (Å²) in [6.45, 7) is 5.11. The standard InChI is InChI=1S/C7H16N2O/c1-6(7(2)10)5-9-4-3-8/h3,6-10H,4-5H2,1-2H3. The molecule has 2 atom stereocenters. The van der Waals surface area contributed by atoms with E-state index >= 15 is 0 Å². The molecule has 0 aliphatic heterocycles. The van der Waals surface area contributed by atoms with Gasteiger partial charge in [0.05, 0.1) is 6.10 Å². The normalized spacial score (nSPS) is 16.3. The molecule has 3 heteroatoms. The molecule has 0 aromatic rings. The summed E-state index contributed by atoms with van der Waals surface area (Å²) in [4.78, 5) is 0. The SMILES string of the molecule is CC(O)C(C)CNCC=N. The smallest absolute Gasteiger partial charge is 0.0549 e. The first kappa shape index (κ1) is 9.59. The van der Waals surface area contributed by atoms with Crippen molar-refractivity contribution in [3.8, 4) is 0 Å². The monoisotopic (exact) mass is 144 g/mol. The summed E-state index contributed by atoms with van der Waals surface area (Å²) in [5.41, 5.74) is 0. The van der Waals surface area contributed by atoms with Crippen molar-refractivity contribution in [1.82, 2.24) is 5.32 Å². The van der Waals surface area contributed by atoms with Crippen LogP contribution in [0.4, 0.5) is 0 Å². The molecule has 0 radical (unpaired) electrons. The summed E-state index contributed by atoms with van der Waals surface area (Å²) >= 11 is 0. The fourth-order valence-corrected chi connectivity index (χ4v) is 0.554. The molecule has 0 aromatic heterocycles. The van der Waals surface area contributed by atoms with E-state index in [0.717, 1.165) is 6.54 Å². The van der Waals surface area contributed by atoms with Gasteiger partial charge in [0.2, 0.25) is 0 Å². The zero-order valence-corrected chi connectivity index (χ0v) is 6.59. The van der Waals surface area contributed by atoms with Gasteiger partial charge in [0.15, 0.2) is 0 Å².